The maximum atomic E-state index is 14.3. The Morgan fingerprint density at radius 2 is 1.18 bits per heavy atom. The minimum absolute atomic E-state index is 0.0697. The number of ether oxygens (including phenoxy) is 1. The molecule has 4 aromatic carbocycles. The number of carbonyl (C=O) groups is 2. The molecule has 0 saturated heterocycles. The van der Waals surface area contributed by atoms with Crippen molar-refractivity contribution in [2.45, 2.75) is 13.5 Å². The van der Waals surface area contributed by atoms with E-state index in [-0.39, 0.29) is 17.7 Å². The Morgan fingerprint density at radius 1 is 0.718 bits per heavy atom. The van der Waals surface area contributed by atoms with E-state index in [9.17, 15) is 9.59 Å². The van der Waals surface area contributed by atoms with E-state index in [4.69, 9.17) is 4.74 Å². The lowest BCUT2D eigenvalue weighted by atomic mass is 10.2. The minimum atomic E-state index is -3.01. The second-order valence-electron chi connectivity index (χ2n) is 8.72. The lowest BCUT2D eigenvalue weighted by molar-refractivity contribution is -0.150. The molecule has 0 aliphatic heterocycles. The Bertz CT molecular complexity index is 1520. The molecule has 0 spiro atoms. The van der Waals surface area contributed by atoms with Gasteiger partial charge in [0, 0.05) is 0 Å². The standard InChI is InChI=1S/C31H27N4O3P/c1-2-38-31(37)28(36)29(30-32-33-34-35(30)23-24-15-7-3-8-16-24)39(25-17-9-4-10-18-25,26-19-11-5-12-20-26)27-21-13-6-14-22-27/h3-22H,2,23H2,1H3. The average Bonchev–Trinajstić information content (AvgIpc) is 3.44. The monoisotopic (exact) mass is 534 g/mol. The van der Waals surface area contributed by atoms with Crippen LogP contribution in [-0.2, 0) is 20.9 Å². The van der Waals surface area contributed by atoms with E-state index in [1.165, 1.54) is 0 Å². The van der Waals surface area contributed by atoms with Gasteiger partial charge in [0.1, 0.15) is 0 Å². The van der Waals surface area contributed by atoms with Crippen molar-refractivity contribution in [3.8, 4) is 0 Å². The third kappa shape index (κ3) is 5.09. The number of benzene rings is 4. The van der Waals surface area contributed by atoms with E-state index in [1.54, 1.807) is 11.6 Å². The normalized spacial score (nSPS) is 11.1. The number of hydrogen-bond acceptors (Lipinski definition) is 6. The minimum Gasteiger partial charge on any atom is -0.460 e. The first-order valence-corrected chi connectivity index (χ1v) is 14.4. The van der Waals surface area contributed by atoms with Crippen molar-refractivity contribution in [2.75, 3.05) is 6.61 Å². The molecule has 5 rings (SSSR count). The molecule has 0 radical (unpaired) electrons. The molecule has 0 aliphatic carbocycles. The summed E-state index contributed by atoms with van der Waals surface area (Å²) in [6.07, 6.45) is 0. The van der Waals surface area contributed by atoms with E-state index in [0.29, 0.717) is 6.54 Å². The Balaban J connectivity index is 1.97. The molecule has 0 saturated carbocycles. The van der Waals surface area contributed by atoms with E-state index in [1.807, 2.05) is 121 Å². The molecular weight excluding hydrogens is 507 g/mol. The molecule has 1 aromatic heterocycles. The molecule has 7 nitrogen and oxygen atoms in total. The van der Waals surface area contributed by atoms with Gasteiger partial charge in [0.15, 0.2) is 5.82 Å². The highest BCUT2D eigenvalue weighted by atomic mass is 31.2. The number of nitrogens with zero attached hydrogens (tertiary/aromatic N) is 4. The Kier molecular flexibility index (Phi) is 7.90. The molecule has 0 amide bonds. The van der Waals surface area contributed by atoms with Gasteiger partial charge in [0.25, 0.3) is 5.78 Å². The van der Waals surface area contributed by atoms with Gasteiger partial charge in [-0.15, -0.1) is 5.10 Å². The van der Waals surface area contributed by atoms with Crippen LogP contribution < -0.4 is 15.9 Å². The number of esters is 1. The molecule has 5 aromatic rings. The van der Waals surface area contributed by atoms with Crippen LogP contribution in [0.2, 0.25) is 0 Å². The Labute approximate surface area is 227 Å². The van der Waals surface area contributed by atoms with E-state index < -0.39 is 18.6 Å². The second kappa shape index (κ2) is 11.8. The van der Waals surface area contributed by atoms with Crippen LogP contribution in [0.4, 0.5) is 0 Å². The summed E-state index contributed by atoms with van der Waals surface area (Å²) in [5, 5.41) is 15.5. The van der Waals surface area contributed by atoms with Crippen LogP contribution in [0.1, 0.15) is 18.3 Å². The molecule has 194 valence electrons. The summed E-state index contributed by atoms with van der Waals surface area (Å²) in [5.74, 6) is -1.46. The molecular formula is C31H27N4O3P. The number of ketones is 1. The molecule has 0 aliphatic rings. The van der Waals surface area contributed by atoms with E-state index in [2.05, 4.69) is 15.5 Å². The molecule has 39 heavy (non-hydrogen) atoms. The van der Waals surface area contributed by atoms with Gasteiger partial charge >= 0.3 is 5.97 Å². The number of tetrazole rings is 1. The first-order valence-electron chi connectivity index (χ1n) is 12.6. The van der Waals surface area contributed by atoms with Gasteiger partial charge in [0.2, 0.25) is 0 Å². The lowest BCUT2D eigenvalue weighted by Gasteiger charge is -2.31. The predicted molar refractivity (Wildman–Crippen MR) is 154 cm³/mol. The number of Topliss-reactive ketones (excluding diaryl/α,β-unsaturated/α-hetero) is 1. The van der Waals surface area contributed by atoms with Gasteiger partial charge in [-0.1, -0.05) is 121 Å². The Hall–Kier alpha value is -4.61. The quantitative estimate of drug-likeness (QED) is 0.164. The van der Waals surface area contributed by atoms with Gasteiger partial charge < -0.3 is 4.74 Å². The van der Waals surface area contributed by atoms with Gasteiger partial charge in [-0.2, -0.15) is 0 Å². The van der Waals surface area contributed by atoms with Crippen molar-refractivity contribution in [3.05, 3.63) is 133 Å². The second-order valence-corrected chi connectivity index (χ2v) is 12.1. The van der Waals surface area contributed by atoms with E-state index >= 15 is 0 Å². The van der Waals surface area contributed by atoms with Crippen LogP contribution in [0.15, 0.2) is 121 Å². The van der Waals surface area contributed by atoms with Crippen LogP contribution in [-0.4, -0.2) is 43.9 Å². The van der Waals surface area contributed by atoms with Gasteiger partial charge in [-0.05, 0) is 45.7 Å². The topological polar surface area (TPSA) is 87.0 Å². The van der Waals surface area contributed by atoms with Crippen LogP contribution in [0, 0.1) is 0 Å². The van der Waals surface area contributed by atoms with Crippen molar-refractivity contribution in [2.24, 2.45) is 0 Å². The first-order chi connectivity index (χ1) is 19.2. The van der Waals surface area contributed by atoms with Crippen molar-refractivity contribution < 1.29 is 14.3 Å². The fraction of sp³-hybridized carbons (Fsp3) is 0.0968. The largest absolute Gasteiger partial charge is 0.460 e. The van der Waals surface area contributed by atoms with Crippen LogP contribution in [0.25, 0.3) is 0 Å². The predicted octanol–water partition coefficient (Wildman–Crippen LogP) is 3.37. The van der Waals surface area contributed by atoms with Crippen LogP contribution >= 0.6 is 6.89 Å². The number of rotatable bonds is 9. The van der Waals surface area contributed by atoms with Gasteiger partial charge in [-0.3, -0.25) is 4.79 Å². The highest BCUT2D eigenvalue weighted by Gasteiger charge is 2.39. The van der Waals surface area contributed by atoms with Crippen molar-refractivity contribution in [1.82, 2.24) is 20.2 Å². The maximum Gasteiger partial charge on any atom is 0.379 e. The summed E-state index contributed by atoms with van der Waals surface area (Å²) in [6.45, 7) is -0.945. The van der Waals surface area contributed by atoms with Crippen molar-refractivity contribution >= 4 is 39.8 Å². The highest BCUT2D eigenvalue weighted by molar-refractivity contribution is 7.97. The average molecular weight is 535 g/mol. The lowest BCUT2D eigenvalue weighted by Crippen LogP contribution is -2.38. The van der Waals surface area contributed by atoms with Gasteiger partial charge in [0.05, 0.1) is 18.4 Å². The number of hydrogen-bond donors (Lipinski definition) is 0. The fourth-order valence-corrected chi connectivity index (χ4v) is 9.11. The van der Waals surface area contributed by atoms with E-state index in [0.717, 1.165) is 21.5 Å². The summed E-state index contributed by atoms with van der Waals surface area (Å²) < 4.78 is 6.86. The SMILES string of the molecule is CCOC(=O)C(=O)C(c1nnnn1Cc1ccccc1)=P(c1ccccc1)(c1ccccc1)c1ccccc1. The zero-order valence-electron chi connectivity index (χ0n) is 21.4. The molecule has 0 fully saturated rings. The number of aromatic nitrogens is 4. The van der Waals surface area contributed by atoms with Crippen molar-refractivity contribution in [3.63, 3.8) is 0 Å². The smallest absolute Gasteiger partial charge is 0.379 e. The third-order valence-electron chi connectivity index (χ3n) is 6.36. The fourth-order valence-electron chi connectivity index (χ4n) is 4.72. The van der Waals surface area contributed by atoms with Crippen molar-refractivity contribution in [1.29, 1.82) is 0 Å². The molecule has 1 heterocycles. The van der Waals surface area contributed by atoms with Crippen LogP contribution in [0.5, 0.6) is 0 Å². The summed E-state index contributed by atoms with van der Waals surface area (Å²) in [7, 11) is 0. The van der Waals surface area contributed by atoms with Crippen LogP contribution in [0.3, 0.4) is 0 Å². The third-order valence-corrected chi connectivity index (χ3v) is 10.7. The zero-order chi connectivity index (χ0) is 27.1. The molecule has 0 unspecified atom stereocenters. The maximum absolute atomic E-state index is 14.3. The molecule has 0 bridgehead atoms. The first kappa shape index (κ1) is 26.0. The number of carbonyl (C=O) groups excluding carboxylic acids is 2. The summed E-state index contributed by atoms with van der Waals surface area (Å²) in [6, 6.07) is 39.1. The van der Waals surface area contributed by atoms with Gasteiger partial charge in [-0.25, -0.2) is 9.48 Å². The summed E-state index contributed by atoms with van der Waals surface area (Å²) >= 11 is 0. The Morgan fingerprint density at radius 3 is 1.64 bits per heavy atom. The summed E-state index contributed by atoms with van der Waals surface area (Å²) in [4.78, 5) is 27.5. The highest BCUT2D eigenvalue weighted by Crippen LogP contribution is 2.47. The molecule has 8 heteroatoms. The molecule has 0 N–H and O–H groups in total. The summed E-state index contributed by atoms with van der Waals surface area (Å²) in [5.41, 5.74) is 0.956. The molecule has 0 atom stereocenters. The zero-order valence-corrected chi connectivity index (χ0v) is 22.3.